The standard InChI is InChI=1S/C16H15ClO3/c1-10-4-5-11(8-13(10)17)16(18)12-6-7-14(19-2)15(9-12)20-3/h4-9H,1-3H3. The van der Waals surface area contributed by atoms with E-state index < -0.39 is 0 Å². The Hall–Kier alpha value is -2.00. The van der Waals surface area contributed by atoms with Crippen molar-refractivity contribution in [3.63, 3.8) is 0 Å². The van der Waals surface area contributed by atoms with Crippen molar-refractivity contribution in [2.75, 3.05) is 14.2 Å². The number of halogens is 1. The van der Waals surface area contributed by atoms with Gasteiger partial charge in [-0.1, -0.05) is 23.7 Å². The molecule has 4 heteroatoms. The van der Waals surface area contributed by atoms with Gasteiger partial charge in [0.2, 0.25) is 0 Å². The van der Waals surface area contributed by atoms with Crippen LogP contribution in [-0.4, -0.2) is 20.0 Å². The van der Waals surface area contributed by atoms with Gasteiger partial charge in [0.15, 0.2) is 17.3 Å². The zero-order valence-electron chi connectivity index (χ0n) is 11.6. The molecule has 0 N–H and O–H groups in total. The summed E-state index contributed by atoms with van der Waals surface area (Å²) < 4.78 is 10.4. The average molecular weight is 291 g/mol. The summed E-state index contributed by atoms with van der Waals surface area (Å²) in [7, 11) is 3.09. The highest BCUT2D eigenvalue weighted by Gasteiger charge is 2.13. The SMILES string of the molecule is COc1ccc(C(=O)c2ccc(C)c(Cl)c2)cc1OC. The second-order valence-electron chi connectivity index (χ2n) is 4.36. The van der Waals surface area contributed by atoms with Crippen molar-refractivity contribution in [1.29, 1.82) is 0 Å². The Morgan fingerprint density at radius 3 is 2.15 bits per heavy atom. The number of methoxy groups -OCH3 is 2. The summed E-state index contributed by atoms with van der Waals surface area (Å²) in [5.41, 5.74) is 2.02. The maximum atomic E-state index is 12.4. The molecule has 0 spiro atoms. The van der Waals surface area contributed by atoms with Crippen LogP contribution in [-0.2, 0) is 0 Å². The molecule has 0 aliphatic heterocycles. The molecule has 0 unspecified atom stereocenters. The molecule has 0 amide bonds. The van der Waals surface area contributed by atoms with E-state index in [1.54, 1.807) is 37.4 Å². The van der Waals surface area contributed by atoms with Crippen LogP contribution in [0, 0.1) is 6.92 Å². The van der Waals surface area contributed by atoms with Gasteiger partial charge in [-0.3, -0.25) is 4.79 Å². The lowest BCUT2D eigenvalue weighted by atomic mass is 10.0. The molecule has 20 heavy (non-hydrogen) atoms. The summed E-state index contributed by atoms with van der Waals surface area (Å²) in [4.78, 5) is 12.4. The number of aryl methyl sites for hydroxylation is 1. The van der Waals surface area contributed by atoms with E-state index in [9.17, 15) is 4.79 Å². The smallest absolute Gasteiger partial charge is 0.193 e. The van der Waals surface area contributed by atoms with Crippen LogP contribution in [0.1, 0.15) is 21.5 Å². The maximum absolute atomic E-state index is 12.4. The first-order valence-electron chi connectivity index (χ1n) is 6.09. The lowest BCUT2D eigenvalue weighted by Gasteiger charge is -2.09. The Kier molecular flexibility index (Phi) is 4.30. The Bertz CT molecular complexity index is 650. The first kappa shape index (κ1) is 14.4. The molecule has 0 aromatic heterocycles. The van der Waals surface area contributed by atoms with Crippen LogP contribution >= 0.6 is 11.6 Å². The fourth-order valence-electron chi connectivity index (χ4n) is 1.88. The summed E-state index contributed by atoms with van der Waals surface area (Å²) in [6.07, 6.45) is 0. The molecule has 0 saturated carbocycles. The highest BCUT2D eigenvalue weighted by molar-refractivity contribution is 6.31. The maximum Gasteiger partial charge on any atom is 0.193 e. The van der Waals surface area contributed by atoms with Gasteiger partial charge in [0.1, 0.15) is 0 Å². The molecule has 0 bridgehead atoms. The van der Waals surface area contributed by atoms with Crippen LogP contribution in [0.25, 0.3) is 0 Å². The lowest BCUT2D eigenvalue weighted by Crippen LogP contribution is -2.02. The summed E-state index contributed by atoms with van der Waals surface area (Å²) >= 11 is 6.05. The van der Waals surface area contributed by atoms with E-state index in [-0.39, 0.29) is 5.78 Å². The molecule has 2 rings (SSSR count). The zero-order chi connectivity index (χ0) is 14.7. The average Bonchev–Trinajstić information content (AvgIpc) is 2.48. The summed E-state index contributed by atoms with van der Waals surface area (Å²) in [6, 6.07) is 10.3. The third-order valence-electron chi connectivity index (χ3n) is 3.08. The van der Waals surface area contributed by atoms with E-state index in [2.05, 4.69) is 0 Å². The van der Waals surface area contributed by atoms with E-state index in [1.807, 2.05) is 13.0 Å². The molecule has 104 valence electrons. The fraction of sp³-hybridized carbons (Fsp3) is 0.188. The number of carbonyl (C=O) groups excluding carboxylic acids is 1. The van der Waals surface area contributed by atoms with Crippen LogP contribution in [0.2, 0.25) is 5.02 Å². The van der Waals surface area contributed by atoms with Crippen molar-refractivity contribution in [2.45, 2.75) is 6.92 Å². The predicted octanol–water partition coefficient (Wildman–Crippen LogP) is 3.90. The molecular weight excluding hydrogens is 276 g/mol. The topological polar surface area (TPSA) is 35.5 Å². The molecule has 0 aliphatic carbocycles. The molecular formula is C16H15ClO3. The molecule has 2 aromatic carbocycles. The zero-order valence-corrected chi connectivity index (χ0v) is 12.3. The monoisotopic (exact) mass is 290 g/mol. The number of carbonyl (C=O) groups is 1. The molecule has 2 aromatic rings. The van der Waals surface area contributed by atoms with Crippen molar-refractivity contribution in [3.05, 3.63) is 58.1 Å². The van der Waals surface area contributed by atoms with Gasteiger partial charge in [-0.15, -0.1) is 0 Å². The van der Waals surface area contributed by atoms with E-state index in [0.29, 0.717) is 27.6 Å². The number of ketones is 1. The Morgan fingerprint density at radius 2 is 1.55 bits per heavy atom. The molecule has 0 atom stereocenters. The number of ether oxygens (including phenoxy) is 2. The third kappa shape index (κ3) is 2.78. The van der Waals surface area contributed by atoms with Crippen LogP contribution in [0.5, 0.6) is 11.5 Å². The number of hydrogen-bond donors (Lipinski definition) is 0. The second-order valence-corrected chi connectivity index (χ2v) is 4.77. The van der Waals surface area contributed by atoms with Crippen molar-refractivity contribution in [1.82, 2.24) is 0 Å². The van der Waals surface area contributed by atoms with Crippen LogP contribution in [0.4, 0.5) is 0 Å². The van der Waals surface area contributed by atoms with Gasteiger partial charge in [-0.25, -0.2) is 0 Å². The van der Waals surface area contributed by atoms with E-state index in [1.165, 1.54) is 7.11 Å². The van der Waals surface area contributed by atoms with Gasteiger partial charge < -0.3 is 9.47 Å². The lowest BCUT2D eigenvalue weighted by molar-refractivity contribution is 0.103. The minimum Gasteiger partial charge on any atom is -0.493 e. The van der Waals surface area contributed by atoms with E-state index in [0.717, 1.165) is 5.56 Å². The number of hydrogen-bond acceptors (Lipinski definition) is 3. The Morgan fingerprint density at radius 1 is 0.950 bits per heavy atom. The van der Waals surface area contributed by atoms with Crippen molar-refractivity contribution < 1.29 is 14.3 Å². The minimum absolute atomic E-state index is 0.104. The van der Waals surface area contributed by atoms with E-state index >= 15 is 0 Å². The molecule has 0 aliphatic rings. The summed E-state index contributed by atoms with van der Waals surface area (Å²) in [5.74, 6) is 1.01. The van der Waals surface area contributed by atoms with Gasteiger partial charge in [0.25, 0.3) is 0 Å². The molecule has 3 nitrogen and oxygen atoms in total. The van der Waals surface area contributed by atoms with Gasteiger partial charge in [0.05, 0.1) is 14.2 Å². The first-order valence-corrected chi connectivity index (χ1v) is 6.47. The van der Waals surface area contributed by atoms with E-state index in [4.69, 9.17) is 21.1 Å². The highest BCUT2D eigenvalue weighted by atomic mass is 35.5. The Labute approximate surface area is 123 Å². The van der Waals surface area contributed by atoms with Crippen molar-refractivity contribution >= 4 is 17.4 Å². The first-order chi connectivity index (χ1) is 9.56. The van der Waals surface area contributed by atoms with Crippen molar-refractivity contribution in [2.24, 2.45) is 0 Å². The predicted molar refractivity (Wildman–Crippen MR) is 79.2 cm³/mol. The van der Waals surface area contributed by atoms with Gasteiger partial charge in [-0.05, 0) is 36.8 Å². The molecule has 0 radical (unpaired) electrons. The van der Waals surface area contributed by atoms with Gasteiger partial charge in [0, 0.05) is 16.1 Å². The van der Waals surface area contributed by atoms with Crippen LogP contribution < -0.4 is 9.47 Å². The third-order valence-corrected chi connectivity index (χ3v) is 3.49. The minimum atomic E-state index is -0.104. The molecule has 0 saturated heterocycles. The van der Waals surface area contributed by atoms with Crippen molar-refractivity contribution in [3.8, 4) is 11.5 Å². The highest BCUT2D eigenvalue weighted by Crippen LogP contribution is 2.29. The summed E-state index contributed by atoms with van der Waals surface area (Å²) in [6.45, 7) is 1.90. The molecule has 0 fully saturated rings. The van der Waals surface area contributed by atoms with Crippen LogP contribution in [0.3, 0.4) is 0 Å². The largest absolute Gasteiger partial charge is 0.493 e. The van der Waals surface area contributed by atoms with Gasteiger partial charge in [-0.2, -0.15) is 0 Å². The van der Waals surface area contributed by atoms with Gasteiger partial charge >= 0.3 is 0 Å². The second kappa shape index (κ2) is 5.97. The Balaban J connectivity index is 2.40. The normalized spacial score (nSPS) is 10.2. The number of benzene rings is 2. The van der Waals surface area contributed by atoms with Crippen LogP contribution in [0.15, 0.2) is 36.4 Å². The quantitative estimate of drug-likeness (QED) is 0.801. The fourth-order valence-corrected chi connectivity index (χ4v) is 2.06. The number of rotatable bonds is 4. The molecule has 0 heterocycles. The summed E-state index contributed by atoms with van der Waals surface area (Å²) in [5, 5.41) is 0.580.